The number of nitrogens with zero attached hydrogens (tertiary/aromatic N) is 2. The molecule has 0 radical (unpaired) electrons. The molecule has 0 bridgehead atoms. The zero-order valence-corrected chi connectivity index (χ0v) is 14.1. The maximum Gasteiger partial charge on any atom is 0.123 e. The lowest BCUT2D eigenvalue weighted by Crippen LogP contribution is -1.94. The van der Waals surface area contributed by atoms with Gasteiger partial charge < -0.3 is 4.74 Å². The summed E-state index contributed by atoms with van der Waals surface area (Å²) >= 11 is 3.22. The largest absolute Gasteiger partial charge is 0.496 e. The van der Waals surface area contributed by atoms with E-state index >= 15 is 0 Å². The van der Waals surface area contributed by atoms with Crippen LogP contribution in [0.25, 0.3) is 10.6 Å². The Kier molecular flexibility index (Phi) is 4.22. The van der Waals surface area contributed by atoms with Crippen LogP contribution in [0.15, 0.2) is 23.6 Å². The van der Waals surface area contributed by atoms with Crippen molar-refractivity contribution in [3.05, 3.63) is 50.7 Å². The van der Waals surface area contributed by atoms with Crippen LogP contribution >= 0.6 is 22.7 Å². The van der Waals surface area contributed by atoms with E-state index < -0.39 is 0 Å². The number of thiazole rings is 2. The molecule has 0 saturated carbocycles. The molecular formula is C16H15FN2OS2. The Morgan fingerprint density at radius 1 is 1.23 bits per heavy atom. The van der Waals surface area contributed by atoms with Gasteiger partial charge in [0.05, 0.1) is 33.4 Å². The van der Waals surface area contributed by atoms with Gasteiger partial charge in [-0.3, -0.25) is 0 Å². The lowest BCUT2D eigenvalue weighted by atomic mass is 10.1. The highest BCUT2D eigenvalue weighted by molar-refractivity contribution is 7.15. The van der Waals surface area contributed by atoms with Crippen LogP contribution in [0.2, 0.25) is 0 Å². The molecule has 114 valence electrons. The molecule has 2 heterocycles. The van der Waals surface area contributed by atoms with Crippen molar-refractivity contribution >= 4 is 22.7 Å². The number of ether oxygens (including phenoxy) is 1. The molecule has 3 rings (SSSR count). The molecule has 0 unspecified atom stereocenters. The van der Waals surface area contributed by atoms with Crippen molar-refractivity contribution in [1.29, 1.82) is 0 Å². The van der Waals surface area contributed by atoms with Gasteiger partial charge in [0.2, 0.25) is 0 Å². The first-order valence-corrected chi connectivity index (χ1v) is 8.47. The summed E-state index contributed by atoms with van der Waals surface area (Å²) in [4.78, 5) is 10.2. The first kappa shape index (κ1) is 15.1. The molecule has 0 aliphatic rings. The maximum absolute atomic E-state index is 13.4. The fraction of sp³-hybridized carbons (Fsp3) is 0.250. The average molecular weight is 334 g/mol. The predicted molar refractivity (Wildman–Crippen MR) is 88.5 cm³/mol. The van der Waals surface area contributed by atoms with Gasteiger partial charge in [-0.2, -0.15) is 0 Å². The summed E-state index contributed by atoms with van der Waals surface area (Å²) in [5.41, 5.74) is 2.75. The summed E-state index contributed by atoms with van der Waals surface area (Å²) in [6, 6.07) is 4.55. The number of hydrogen-bond donors (Lipinski definition) is 0. The first-order valence-electron chi connectivity index (χ1n) is 6.78. The highest BCUT2D eigenvalue weighted by atomic mass is 32.1. The Bertz CT molecular complexity index is 810. The van der Waals surface area contributed by atoms with Crippen molar-refractivity contribution in [1.82, 2.24) is 9.97 Å². The van der Waals surface area contributed by atoms with E-state index in [1.54, 1.807) is 35.8 Å². The monoisotopic (exact) mass is 334 g/mol. The first-order chi connectivity index (χ1) is 10.6. The molecule has 3 nitrogen and oxygen atoms in total. The van der Waals surface area contributed by atoms with Crippen molar-refractivity contribution in [2.75, 3.05) is 7.11 Å². The van der Waals surface area contributed by atoms with Gasteiger partial charge in [0.25, 0.3) is 0 Å². The lowest BCUT2D eigenvalue weighted by Gasteiger charge is -2.06. The molecule has 0 amide bonds. The number of aryl methyl sites for hydroxylation is 2. The third kappa shape index (κ3) is 3.03. The predicted octanol–water partition coefficient (Wildman–Crippen LogP) is 4.62. The fourth-order valence-electron chi connectivity index (χ4n) is 2.31. The molecule has 0 fully saturated rings. The molecule has 6 heteroatoms. The summed E-state index contributed by atoms with van der Waals surface area (Å²) < 4.78 is 18.7. The summed E-state index contributed by atoms with van der Waals surface area (Å²) in [6.07, 6.45) is 0.558. The van der Waals surface area contributed by atoms with Gasteiger partial charge in [-0.25, -0.2) is 14.4 Å². The lowest BCUT2D eigenvalue weighted by molar-refractivity contribution is 0.409. The molecule has 0 saturated heterocycles. The zero-order valence-electron chi connectivity index (χ0n) is 12.5. The zero-order chi connectivity index (χ0) is 15.7. The van der Waals surface area contributed by atoms with Crippen molar-refractivity contribution in [2.24, 2.45) is 0 Å². The van der Waals surface area contributed by atoms with E-state index in [-0.39, 0.29) is 5.82 Å². The van der Waals surface area contributed by atoms with Gasteiger partial charge in [-0.05, 0) is 32.0 Å². The molecule has 0 spiro atoms. The Morgan fingerprint density at radius 3 is 2.73 bits per heavy atom. The highest BCUT2D eigenvalue weighted by Crippen LogP contribution is 2.32. The summed E-state index contributed by atoms with van der Waals surface area (Å²) in [5.74, 6) is 0.421. The minimum Gasteiger partial charge on any atom is -0.496 e. The Morgan fingerprint density at radius 2 is 2.05 bits per heavy atom. The number of methoxy groups -OCH3 is 1. The van der Waals surface area contributed by atoms with Crippen LogP contribution in [0.3, 0.4) is 0 Å². The molecular weight excluding hydrogens is 319 g/mol. The van der Waals surface area contributed by atoms with E-state index in [0.29, 0.717) is 12.2 Å². The van der Waals surface area contributed by atoms with E-state index in [4.69, 9.17) is 4.74 Å². The van der Waals surface area contributed by atoms with Crippen LogP contribution < -0.4 is 4.74 Å². The van der Waals surface area contributed by atoms with Crippen LogP contribution in [0.4, 0.5) is 4.39 Å². The van der Waals surface area contributed by atoms with Crippen LogP contribution in [0.5, 0.6) is 5.75 Å². The number of rotatable bonds is 4. The average Bonchev–Trinajstić information content (AvgIpc) is 3.05. The third-order valence-electron chi connectivity index (χ3n) is 3.27. The Hall–Kier alpha value is -1.79. The second-order valence-corrected chi connectivity index (χ2v) is 7.05. The van der Waals surface area contributed by atoms with Gasteiger partial charge in [0.1, 0.15) is 11.6 Å². The van der Waals surface area contributed by atoms with Gasteiger partial charge in [0.15, 0.2) is 0 Å². The molecule has 2 aromatic heterocycles. The minimum absolute atomic E-state index is 0.262. The molecule has 0 aliphatic carbocycles. The second-order valence-electron chi connectivity index (χ2n) is 4.91. The van der Waals surface area contributed by atoms with E-state index in [0.717, 1.165) is 31.8 Å². The smallest absolute Gasteiger partial charge is 0.123 e. The van der Waals surface area contributed by atoms with Gasteiger partial charge in [-0.1, -0.05) is 0 Å². The van der Waals surface area contributed by atoms with E-state index in [1.165, 1.54) is 12.1 Å². The number of halogens is 1. The molecule has 0 aliphatic heterocycles. The van der Waals surface area contributed by atoms with Crippen LogP contribution in [0, 0.1) is 19.7 Å². The van der Waals surface area contributed by atoms with E-state index in [9.17, 15) is 4.39 Å². The van der Waals surface area contributed by atoms with Gasteiger partial charge in [-0.15, -0.1) is 22.7 Å². The normalized spacial score (nSPS) is 10.9. The van der Waals surface area contributed by atoms with Crippen LogP contribution in [-0.4, -0.2) is 17.1 Å². The van der Waals surface area contributed by atoms with E-state index in [1.807, 2.05) is 19.2 Å². The Balaban J connectivity index is 1.89. The molecule has 1 aromatic carbocycles. The minimum atomic E-state index is -0.262. The summed E-state index contributed by atoms with van der Waals surface area (Å²) in [6.45, 7) is 3.99. The van der Waals surface area contributed by atoms with Crippen molar-refractivity contribution < 1.29 is 9.13 Å². The van der Waals surface area contributed by atoms with Gasteiger partial charge >= 0.3 is 0 Å². The number of aromatic nitrogens is 2. The molecule has 3 aromatic rings. The quantitative estimate of drug-likeness (QED) is 0.698. The number of hydrogen-bond acceptors (Lipinski definition) is 5. The van der Waals surface area contributed by atoms with Gasteiger partial charge in [0, 0.05) is 17.4 Å². The van der Waals surface area contributed by atoms with Crippen molar-refractivity contribution in [3.8, 4) is 16.3 Å². The van der Waals surface area contributed by atoms with Crippen molar-refractivity contribution in [2.45, 2.75) is 20.3 Å². The summed E-state index contributed by atoms with van der Waals surface area (Å²) in [7, 11) is 1.59. The number of benzene rings is 1. The van der Waals surface area contributed by atoms with Crippen molar-refractivity contribution in [3.63, 3.8) is 0 Å². The Labute approximate surface area is 136 Å². The van der Waals surface area contributed by atoms with E-state index in [2.05, 4.69) is 9.97 Å². The highest BCUT2D eigenvalue weighted by Gasteiger charge is 2.13. The standard InChI is InChI=1S/C16H15FN2OS2/c1-9-16(22-10(2)18-9)13-8-21-15(19-13)7-11-6-12(17)4-5-14(11)20-3/h4-6,8H,7H2,1-3H3. The second kappa shape index (κ2) is 6.14. The third-order valence-corrected chi connectivity index (χ3v) is 5.22. The fourth-order valence-corrected chi connectivity index (χ4v) is 4.08. The summed E-state index contributed by atoms with van der Waals surface area (Å²) in [5, 5.41) is 4.00. The van der Waals surface area contributed by atoms with Crippen LogP contribution in [0.1, 0.15) is 21.3 Å². The molecule has 0 atom stereocenters. The molecule has 0 N–H and O–H groups in total. The maximum atomic E-state index is 13.4. The van der Waals surface area contributed by atoms with Crippen LogP contribution in [-0.2, 0) is 6.42 Å². The SMILES string of the molecule is COc1ccc(F)cc1Cc1nc(-c2sc(C)nc2C)cs1. The molecule has 22 heavy (non-hydrogen) atoms. The topological polar surface area (TPSA) is 35.0 Å².